The summed E-state index contributed by atoms with van der Waals surface area (Å²) in [6.07, 6.45) is 3.71. The number of amides is 1. The molecule has 26 heavy (non-hydrogen) atoms. The lowest BCUT2D eigenvalue weighted by atomic mass is 9.92. The maximum absolute atomic E-state index is 12.6. The zero-order valence-electron chi connectivity index (χ0n) is 14.5. The molecule has 1 aromatic heterocycles. The van der Waals surface area contributed by atoms with Crippen LogP contribution in [0.3, 0.4) is 0 Å². The molecule has 1 atom stereocenters. The first-order valence-corrected chi connectivity index (χ1v) is 8.52. The molecule has 1 aliphatic rings. The smallest absolute Gasteiger partial charge is 0.328 e. The number of fused-ring (bicyclic) bond motifs is 1. The van der Waals surface area contributed by atoms with E-state index in [9.17, 15) is 14.4 Å². The van der Waals surface area contributed by atoms with Crippen LogP contribution in [0.2, 0.25) is 0 Å². The number of rotatable bonds is 5. The Morgan fingerprint density at radius 3 is 2.88 bits per heavy atom. The van der Waals surface area contributed by atoms with E-state index in [1.807, 2.05) is 0 Å². The number of carbonyl (C=O) groups excluding carboxylic acids is 2. The van der Waals surface area contributed by atoms with Gasteiger partial charge in [0.15, 0.2) is 0 Å². The number of ether oxygens (including phenoxy) is 2. The molecule has 0 aliphatic carbocycles. The van der Waals surface area contributed by atoms with E-state index >= 15 is 0 Å². The van der Waals surface area contributed by atoms with Crippen molar-refractivity contribution in [2.24, 2.45) is 5.92 Å². The molecule has 1 amide bonds. The monoisotopic (exact) mass is 359 g/mol. The van der Waals surface area contributed by atoms with Gasteiger partial charge in [-0.3, -0.25) is 9.59 Å². The SMILES string of the molecule is COC(=O)C(CC1CCOCC1)NC(=O)c1ccc2cn[nH]c(=O)c2c1. The minimum absolute atomic E-state index is 0.290. The second-order valence-electron chi connectivity index (χ2n) is 6.34. The van der Waals surface area contributed by atoms with Crippen molar-refractivity contribution < 1.29 is 19.1 Å². The Labute approximate surface area is 149 Å². The molecule has 1 saturated heterocycles. The first-order valence-electron chi connectivity index (χ1n) is 8.52. The van der Waals surface area contributed by atoms with Gasteiger partial charge in [-0.25, -0.2) is 9.89 Å². The van der Waals surface area contributed by atoms with Crippen molar-refractivity contribution in [3.05, 3.63) is 40.3 Å². The van der Waals surface area contributed by atoms with Crippen LogP contribution in [0.4, 0.5) is 0 Å². The van der Waals surface area contributed by atoms with Gasteiger partial charge in [0, 0.05) is 24.2 Å². The number of methoxy groups -OCH3 is 1. The standard InChI is InChI=1S/C18H21N3O5/c1-25-18(24)15(8-11-4-6-26-7-5-11)20-16(22)12-2-3-13-10-19-21-17(23)14(13)9-12/h2-3,9-11,15H,4-8H2,1H3,(H,20,22)(H,21,23). The molecule has 0 radical (unpaired) electrons. The molecule has 8 heteroatoms. The summed E-state index contributed by atoms with van der Waals surface area (Å²) in [5, 5.41) is 9.80. The average Bonchev–Trinajstić information content (AvgIpc) is 2.67. The molecule has 138 valence electrons. The van der Waals surface area contributed by atoms with Gasteiger partial charge in [-0.05, 0) is 37.3 Å². The minimum Gasteiger partial charge on any atom is -0.467 e. The molecular formula is C18H21N3O5. The van der Waals surface area contributed by atoms with Crippen molar-refractivity contribution >= 4 is 22.6 Å². The molecule has 8 nitrogen and oxygen atoms in total. The molecule has 1 aliphatic heterocycles. The fourth-order valence-electron chi connectivity index (χ4n) is 3.14. The van der Waals surface area contributed by atoms with Crippen LogP contribution in [0.5, 0.6) is 0 Å². The van der Waals surface area contributed by atoms with Gasteiger partial charge in [0.25, 0.3) is 11.5 Å². The summed E-state index contributed by atoms with van der Waals surface area (Å²) in [6.45, 7) is 1.32. The van der Waals surface area contributed by atoms with E-state index in [-0.39, 0.29) is 5.56 Å². The van der Waals surface area contributed by atoms with Crippen molar-refractivity contribution in [3.63, 3.8) is 0 Å². The molecule has 1 aromatic carbocycles. The Kier molecular flexibility index (Phi) is 5.62. The van der Waals surface area contributed by atoms with Crippen molar-refractivity contribution in [1.82, 2.24) is 15.5 Å². The van der Waals surface area contributed by atoms with Crippen LogP contribution in [0, 0.1) is 5.92 Å². The summed E-state index contributed by atoms with van der Waals surface area (Å²) in [6, 6.07) is 4.01. The Hall–Kier alpha value is -2.74. The largest absolute Gasteiger partial charge is 0.467 e. The zero-order valence-corrected chi connectivity index (χ0v) is 14.5. The van der Waals surface area contributed by atoms with Crippen molar-refractivity contribution in [2.75, 3.05) is 20.3 Å². The van der Waals surface area contributed by atoms with Crippen LogP contribution >= 0.6 is 0 Å². The highest BCUT2D eigenvalue weighted by Crippen LogP contribution is 2.21. The topological polar surface area (TPSA) is 110 Å². The summed E-state index contributed by atoms with van der Waals surface area (Å²) < 4.78 is 10.2. The molecule has 2 aromatic rings. The lowest BCUT2D eigenvalue weighted by Gasteiger charge is -2.26. The van der Waals surface area contributed by atoms with E-state index in [0.29, 0.717) is 41.9 Å². The van der Waals surface area contributed by atoms with E-state index in [0.717, 1.165) is 12.8 Å². The fourth-order valence-corrected chi connectivity index (χ4v) is 3.14. The van der Waals surface area contributed by atoms with Gasteiger partial charge < -0.3 is 14.8 Å². The third-order valence-electron chi connectivity index (χ3n) is 4.63. The number of esters is 1. The van der Waals surface area contributed by atoms with Crippen LogP contribution in [0.15, 0.2) is 29.2 Å². The minimum atomic E-state index is -0.734. The lowest BCUT2D eigenvalue weighted by molar-refractivity contribution is -0.143. The Balaban J connectivity index is 1.77. The summed E-state index contributed by atoms with van der Waals surface area (Å²) in [7, 11) is 1.30. The highest BCUT2D eigenvalue weighted by atomic mass is 16.5. The number of aromatic amines is 1. The van der Waals surface area contributed by atoms with Crippen molar-refractivity contribution in [1.29, 1.82) is 0 Å². The van der Waals surface area contributed by atoms with Gasteiger partial charge in [0.05, 0.1) is 18.7 Å². The summed E-state index contributed by atoms with van der Waals surface area (Å²) >= 11 is 0. The van der Waals surface area contributed by atoms with E-state index in [4.69, 9.17) is 9.47 Å². The van der Waals surface area contributed by atoms with Crippen molar-refractivity contribution in [3.8, 4) is 0 Å². The highest BCUT2D eigenvalue weighted by Gasteiger charge is 2.27. The van der Waals surface area contributed by atoms with Crippen molar-refractivity contribution in [2.45, 2.75) is 25.3 Å². The first-order chi connectivity index (χ1) is 12.6. The average molecular weight is 359 g/mol. The fraction of sp³-hybridized carbons (Fsp3) is 0.444. The van der Waals surface area contributed by atoms with E-state index < -0.39 is 17.9 Å². The van der Waals surface area contributed by atoms with Gasteiger partial charge in [-0.15, -0.1) is 0 Å². The number of hydrogen-bond acceptors (Lipinski definition) is 6. The molecule has 0 spiro atoms. The molecule has 1 fully saturated rings. The first kappa shape index (κ1) is 18.1. The lowest BCUT2D eigenvalue weighted by Crippen LogP contribution is -2.43. The van der Waals surface area contributed by atoms with Gasteiger partial charge in [-0.2, -0.15) is 5.10 Å². The van der Waals surface area contributed by atoms with Crippen LogP contribution in [0.25, 0.3) is 10.8 Å². The molecule has 0 saturated carbocycles. The van der Waals surface area contributed by atoms with E-state index in [1.165, 1.54) is 19.4 Å². The number of nitrogens with one attached hydrogen (secondary N) is 2. The van der Waals surface area contributed by atoms with Gasteiger partial charge in [0.1, 0.15) is 6.04 Å². The number of carbonyl (C=O) groups is 2. The second-order valence-corrected chi connectivity index (χ2v) is 6.34. The molecule has 0 bridgehead atoms. The van der Waals surface area contributed by atoms with Crippen LogP contribution in [-0.4, -0.2) is 48.4 Å². The van der Waals surface area contributed by atoms with E-state index in [1.54, 1.807) is 12.1 Å². The number of H-pyrrole nitrogens is 1. The molecular weight excluding hydrogens is 338 g/mol. The Bertz CT molecular complexity index is 857. The number of benzene rings is 1. The van der Waals surface area contributed by atoms with Gasteiger partial charge >= 0.3 is 5.97 Å². The normalized spacial score (nSPS) is 16.2. The van der Waals surface area contributed by atoms with Gasteiger partial charge in [-0.1, -0.05) is 6.07 Å². The second kappa shape index (κ2) is 8.09. The Morgan fingerprint density at radius 1 is 1.38 bits per heavy atom. The van der Waals surface area contributed by atoms with E-state index in [2.05, 4.69) is 15.5 Å². The van der Waals surface area contributed by atoms with Crippen LogP contribution in [0.1, 0.15) is 29.6 Å². The molecule has 1 unspecified atom stereocenters. The third kappa shape index (κ3) is 4.08. The van der Waals surface area contributed by atoms with Crippen LogP contribution in [-0.2, 0) is 14.3 Å². The quantitative estimate of drug-likeness (QED) is 0.771. The maximum atomic E-state index is 12.6. The summed E-state index contributed by atoms with van der Waals surface area (Å²) in [4.78, 5) is 36.5. The Morgan fingerprint density at radius 2 is 2.15 bits per heavy atom. The number of hydrogen-bond donors (Lipinski definition) is 2. The molecule has 3 rings (SSSR count). The summed E-state index contributed by atoms with van der Waals surface area (Å²) in [5.74, 6) is -0.614. The zero-order chi connectivity index (χ0) is 18.5. The number of nitrogens with zero attached hydrogens (tertiary/aromatic N) is 1. The molecule has 2 N–H and O–H groups in total. The molecule has 2 heterocycles. The van der Waals surface area contributed by atoms with Gasteiger partial charge in [0.2, 0.25) is 0 Å². The predicted molar refractivity (Wildman–Crippen MR) is 93.8 cm³/mol. The third-order valence-corrected chi connectivity index (χ3v) is 4.63. The van der Waals surface area contributed by atoms with Crippen LogP contribution < -0.4 is 10.9 Å². The maximum Gasteiger partial charge on any atom is 0.328 e. The number of aromatic nitrogens is 2. The highest BCUT2D eigenvalue weighted by molar-refractivity contribution is 6.00. The predicted octanol–water partition coefficient (Wildman–Crippen LogP) is 1.01. The summed E-state index contributed by atoms with van der Waals surface area (Å²) in [5.41, 5.74) is -0.0704.